The Bertz CT molecular complexity index is 1640. The average molecular weight is 579 g/mol. The van der Waals surface area contributed by atoms with E-state index in [2.05, 4.69) is 94.7 Å². The van der Waals surface area contributed by atoms with E-state index in [1.807, 2.05) is 24.3 Å². The molecule has 0 spiro atoms. The molecule has 0 aromatic heterocycles. The summed E-state index contributed by atoms with van der Waals surface area (Å²) in [5, 5.41) is 39.4. The van der Waals surface area contributed by atoms with Crippen molar-refractivity contribution in [2.45, 2.75) is 77.8 Å². The Balaban J connectivity index is 2.78. The maximum absolute atomic E-state index is 9.86. The Morgan fingerprint density at radius 3 is 0.727 bits per heavy atom. The second kappa shape index (κ2) is 14.8. The van der Waals surface area contributed by atoms with Crippen molar-refractivity contribution < 1.29 is 20.4 Å². The zero-order valence-electron chi connectivity index (χ0n) is 26.3. The molecule has 0 aliphatic rings. The minimum absolute atomic E-state index is 0.628. The van der Waals surface area contributed by atoms with Crippen LogP contribution in [0.1, 0.15) is 77.6 Å². The highest BCUT2D eigenvalue weighted by atomic mass is 16.3. The molecule has 0 radical (unpaired) electrons. The maximum Gasteiger partial charge on any atom is 0.120 e. The Hall–Kier alpha value is -5.24. The van der Waals surface area contributed by atoms with Crippen molar-refractivity contribution in [3.05, 3.63) is 58.7 Å². The highest BCUT2D eigenvalue weighted by Crippen LogP contribution is 2.25. The van der Waals surface area contributed by atoms with Crippen molar-refractivity contribution in [3.63, 3.8) is 0 Å². The van der Waals surface area contributed by atoms with Crippen LogP contribution in [0.15, 0.2) is 36.4 Å². The van der Waals surface area contributed by atoms with Crippen molar-refractivity contribution in [3.8, 4) is 106 Å². The van der Waals surface area contributed by atoms with Crippen LogP contribution in [0.5, 0.6) is 0 Å². The molecule has 0 heterocycles. The monoisotopic (exact) mass is 578 g/mol. The Morgan fingerprint density at radius 2 is 0.545 bits per heavy atom. The van der Waals surface area contributed by atoms with Gasteiger partial charge in [0.05, 0.1) is 0 Å². The summed E-state index contributed by atoms with van der Waals surface area (Å²) >= 11 is 0. The highest BCUT2D eigenvalue weighted by molar-refractivity contribution is 5.72. The van der Waals surface area contributed by atoms with Gasteiger partial charge in [0.2, 0.25) is 0 Å². The van der Waals surface area contributed by atoms with Gasteiger partial charge in [0.25, 0.3) is 0 Å². The second-order valence-corrected chi connectivity index (χ2v) is 11.8. The third kappa shape index (κ3) is 15.7. The van der Waals surface area contributed by atoms with E-state index in [9.17, 15) is 20.4 Å². The molecule has 2 aromatic carbocycles. The lowest BCUT2D eigenvalue weighted by atomic mass is 9.96. The van der Waals surface area contributed by atoms with Gasteiger partial charge in [-0.1, -0.05) is 47.4 Å². The first-order valence-corrected chi connectivity index (χ1v) is 13.6. The first kappa shape index (κ1) is 35.0. The smallest absolute Gasteiger partial charge is 0.120 e. The van der Waals surface area contributed by atoms with Crippen LogP contribution >= 0.6 is 0 Å². The summed E-state index contributed by atoms with van der Waals surface area (Å²) in [7, 11) is 0. The Morgan fingerprint density at radius 1 is 0.341 bits per heavy atom. The van der Waals surface area contributed by atoms with Crippen LogP contribution in [0.25, 0.3) is 11.1 Å². The van der Waals surface area contributed by atoms with Gasteiger partial charge in [0, 0.05) is 22.3 Å². The summed E-state index contributed by atoms with van der Waals surface area (Å²) in [6.45, 7) is 12.6. The molecule has 0 fully saturated rings. The summed E-state index contributed by atoms with van der Waals surface area (Å²) < 4.78 is 0. The lowest BCUT2D eigenvalue weighted by Gasteiger charge is -2.07. The maximum atomic E-state index is 9.86. The second-order valence-electron chi connectivity index (χ2n) is 11.8. The van der Waals surface area contributed by atoms with E-state index in [0.717, 1.165) is 11.1 Å². The van der Waals surface area contributed by atoms with Gasteiger partial charge in [-0.3, -0.25) is 0 Å². The van der Waals surface area contributed by atoms with E-state index in [1.54, 1.807) is 67.5 Å². The summed E-state index contributed by atoms with van der Waals surface area (Å²) in [5.74, 6) is 44.5. The first-order valence-electron chi connectivity index (χ1n) is 13.6. The zero-order valence-corrected chi connectivity index (χ0v) is 26.3. The van der Waals surface area contributed by atoms with Gasteiger partial charge in [0.1, 0.15) is 22.4 Å². The third-order valence-electron chi connectivity index (χ3n) is 4.75. The number of rotatable bonds is 1. The molecule has 0 saturated carbocycles. The van der Waals surface area contributed by atoms with E-state index < -0.39 is 22.4 Å². The average Bonchev–Trinajstić information content (AvgIpc) is 2.87. The molecular formula is C40H34O4. The lowest BCUT2D eigenvalue weighted by molar-refractivity contribution is 0.143. The largest absolute Gasteiger partial charge is 0.378 e. The molecule has 0 bridgehead atoms. The number of hydrogen-bond donors (Lipinski definition) is 4. The summed E-state index contributed by atoms with van der Waals surface area (Å²) in [6, 6.07) is 11.1. The van der Waals surface area contributed by atoms with E-state index in [0.29, 0.717) is 22.3 Å². The van der Waals surface area contributed by atoms with Crippen molar-refractivity contribution in [1.29, 1.82) is 0 Å². The molecule has 0 amide bonds. The molecule has 0 unspecified atom stereocenters. The number of hydrogen-bond acceptors (Lipinski definition) is 4. The highest BCUT2D eigenvalue weighted by Gasteiger charge is 2.08. The fraction of sp³-hybridized carbons (Fsp3) is 0.300. The van der Waals surface area contributed by atoms with Crippen LogP contribution in [0.2, 0.25) is 0 Å². The topological polar surface area (TPSA) is 80.9 Å². The van der Waals surface area contributed by atoms with Crippen molar-refractivity contribution in [1.82, 2.24) is 0 Å². The predicted molar refractivity (Wildman–Crippen MR) is 176 cm³/mol. The molecule has 0 atom stereocenters. The standard InChI is InChI=1S/C40H34O4/c1-37(2,41)21-13-9-17-31-25-32(18-10-14-22-38(3,4)42)28-35(27-31)36-29-33(19-11-15-23-39(5,6)43)26-34(30-36)20-12-16-24-40(7,8)44/h25-30,41-44H,1-8H3. The summed E-state index contributed by atoms with van der Waals surface area (Å²) in [5.41, 5.74) is -0.619. The molecule has 2 aromatic rings. The van der Waals surface area contributed by atoms with E-state index in [-0.39, 0.29) is 0 Å². The third-order valence-corrected chi connectivity index (χ3v) is 4.75. The molecule has 4 N–H and O–H groups in total. The van der Waals surface area contributed by atoms with E-state index in [1.165, 1.54) is 0 Å². The predicted octanol–water partition coefficient (Wildman–Crippen LogP) is 3.86. The molecule has 2 rings (SSSR count). The quantitative estimate of drug-likeness (QED) is 0.388. The van der Waals surface area contributed by atoms with Crippen LogP contribution in [0, 0.1) is 94.7 Å². The molecular weight excluding hydrogens is 544 g/mol. The number of benzene rings is 2. The van der Waals surface area contributed by atoms with Crippen LogP contribution in [0.3, 0.4) is 0 Å². The molecule has 218 valence electrons. The van der Waals surface area contributed by atoms with E-state index in [4.69, 9.17) is 0 Å². The van der Waals surface area contributed by atoms with Crippen molar-refractivity contribution in [2.24, 2.45) is 0 Å². The Labute approximate surface area is 262 Å². The molecule has 4 heteroatoms. The normalized spacial score (nSPS) is 10.2. The SMILES string of the molecule is CC(C)(O)C#CC#Cc1cc(C#CC#CC(C)(C)O)cc(-c2cc(C#CC#CC(C)(C)O)cc(C#CC#CC(C)(C)O)c2)c1. The van der Waals surface area contributed by atoms with Gasteiger partial charge in [0.15, 0.2) is 0 Å². The van der Waals surface area contributed by atoms with Crippen LogP contribution in [0.4, 0.5) is 0 Å². The van der Waals surface area contributed by atoms with Gasteiger partial charge >= 0.3 is 0 Å². The fourth-order valence-corrected chi connectivity index (χ4v) is 3.03. The van der Waals surface area contributed by atoms with E-state index >= 15 is 0 Å². The molecule has 0 aliphatic carbocycles. The van der Waals surface area contributed by atoms with Gasteiger partial charge in [-0.15, -0.1) is 0 Å². The van der Waals surface area contributed by atoms with Crippen LogP contribution in [-0.2, 0) is 0 Å². The lowest BCUT2D eigenvalue weighted by Crippen LogP contribution is -2.14. The van der Waals surface area contributed by atoms with Gasteiger partial charge in [-0.2, -0.15) is 0 Å². The van der Waals surface area contributed by atoms with Crippen LogP contribution in [-0.4, -0.2) is 42.8 Å². The summed E-state index contributed by atoms with van der Waals surface area (Å²) in [6.07, 6.45) is 0. The molecule has 44 heavy (non-hydrogen) atoms. The van der Waals surface area contributed by atoms with Gasteiger partial charge in [-0.05, 0) is 150 Å². The minimum atomic E-state index is -1.17. The van der Waals surface area contributed by atoms with Gasteiger partial charge in [-0.25, -0.2) is 0 Å². The molecule has 4 nitrogen and oxygen atoms in total. The molecule has 0 saturated heterocycles. The number of aliphatic hydroxyl groups is 4. The first-order chi connectivity index (χ1) is 20.3. The van der Waals surface area contributed by atoms with Crippen molar-refractivity contribution in [2.75, 3.05) is 0 Å². The van der Waals surface area contributed by atoms with Crippen molar-refractivity contribution >= 4 is 0 Å². The molecule has 0 aliphatic heterocycles. The Kier molecular flexibility index (Phi) is 11.7. The minimum Gasteiger partial charge on any atom is -0.378 e. The van der Waals surface area contributed by atoms with Crippen LogP contribution < -0.4 is 0 Å². The zero-order chi connectivity index (χ0) is 33.0. The summed E-state index contributed by atoms with van der Waals surface area (Å²) in [4.78, 5) is 0. The fourth-order valence-electron chi connectivity index (χ4n) is 3.03. The van der Waals surface area contributed by atoms with Gasteiger partial charge < -0.3 is 20.4 Å².